The molecule has 1 saturated carbocycles. The van der Waals surface area contributed by atoms with Gasteiger partial charge in [0.05, 0.1) is 10.6 Å². The van der Waals surface area contributed by atoms with Gasteiger partial charge in [0.1, 0.15) is 0 Å². The Morgan fingerprint density at radius 3 is 2.67 bits per heavy atom. The van der Waals surface area contributed by atoms with Crippen molar-refractivity contribution in [2.75, 3.05) is 5.32 Å². The third-order valence-corrected chi connectivity index (χ3v) is 4.62. The zero-order valence-electron chi connectivity index (χ0n) is 12.3. The van der Waals surface area contributed by atoms with Crippen molar-refractivity contribution in [3.8, 4) is 0 Å². The van der Waals surface area contributed by atoms with E-state index in [1.807, 2.05) is 0 Å². The SMILES string of the molecule is CC1(C)CCCCC1C(=O)Nc1ccc(Cl)c(C(=O)O)c1. The van der Waals surface area contributed by atoms with Gasteiger partial charge < -0.3 is 10.4 Å². The van der Waals surface area contributed by atoms with Gasteiger partial charge in [-0.1, -0.05) is 38.3 Å². The molecule has 0 aromatic heterocycles. The largest absolute Gasteiger partial charge is 0.478 e. The summed E-state index contributed by atoms with van der Waals surface area (Å²) >= 11 is 5.83. The number of carboxylic acids is 1. The smallest absolute Gasteiger partial charge is 0.337 e. The molecule has 1 aromatic carbocycles. The van der Waals surface area contributed by atoms with Crippen molar-refractivity contribution in [2.45, 2.75) is 39.5 Å². The van der Waals surface area contributed by atoms with Gasteiger partial charge in [-0.2, -0.15) is 0 Å². The van der Waals surface area contributed by atoms with E-state index in [1.165, 1.54) is 12.1 Å². The number of carbonyl (C=O) groups is 2. The first-order valence-corrected chi connectivity index (χ1v) is 7.53. The standard InChI is InChI=1S/C16H20ClNO3/c1-16(2)8-4-3-5-12(16)14(19)18-10-6-7-13(17)11(9-10)15(20)21/h6-7,9,12H,3-5,8H2,1-2H3,(H,18,19)(H,20,21). The minimum absolute atomic E-state index is 0.00243. The highest BCUT2D eigenvalue weighted by molar-refractivity contribution is 6.33. The van der Waals surface area contributed by atoms with Crippen LogP contribution in [0.5, 0.6) is 0 Å². The lowest BCUT2D eigenvalue weighted by molar-refractivity contribution is -0.124. The highest BCUT2D eigenvalue weighted by Crippen LogP contribution is 2.41. The van der Waals surface area contributed by atoms with Gasteiger partial charge in [0.2, 0.25) is 5.91 Å². The van der Waals surface area contributed by atoms with E-state index in [4.69, 9.17) is 16.7 Å². The van der Waals surface area contributed by atoms with E-state index in [9.17, 15) is 9.59 Å². The molecule has 1 amide bonds. The van der Waals surface area contributed by atoms with Crippen LogP contribution in [-0.4, -0.2) is 17.0 Å². The Hall–Kier alpha value is -1.55. The Labute approximate surface area is 129 Å². The van der Waals surface area contributed by atoms with Crippen LogP contribution in [0.3, 0.4) is 0 Å². The number of hydrogen-bond donors (Lipinski definition) is 2. The normalized spacial score (nSPS) is 20.8. The Morgan fingerprint density at radius 1 is 1.33 bits per heavy atom. The molecule has 0 aliphatic heterocycles. The van der Waals surface area contributed by atoms with Gasteiger partial charge in [-0.25, -0.2) is 4.79 Å². The number of amides is 1. The molecule has 0 heterocycles. The fraction of sp³-hybridized carbons (Fsp3) is 0.500. The number of carbonyl (C=O) groups excluding carboxylic acids is 1. The molecule has 2 N–H and O–H groups in total. The van der Waals surface area contributed by atoms with Gasteiger partial charge in [0.25, 0.3) is 0 Å². The predicted molar refractivity (Wildman–Crippen MR) is 82.8 cm³/mol. The summed E-state index contributed by atoms with van der Waals surface area (Å²) in [4.78, 5) is 23.5. The highest BCUT2D eigenvalue weighted by Gasteiger charge is 2.37. The van der Waals surface area contributed by atoms with E-state index in [2.05, 4.69) is 19.2 Å². The second-order valence-corrected chi connectivity index (χ2v) is 6.68. The minimum atomic E-state index is -1.10. The van der Waals surface area contributed by atoms with Crippen molar-refractivity contribution in [3.05, 3.63) is 28.8 Å². The van der Waals surface area contributed by atoms with E-state index in [0.717, 1.165) is 25.7 Å². The summed E-state index contributed by atoms with van der Waals surface area (Å²) in [6.07, 6.45) is 4.12. The van der Waals surface area contributed by atoms with Crippen molar-refractivity contribution >= 4 is 29.2 Å². The number of hydrogen-bond acceptors (Lipinski definition) is 2. The second kappa shape index (κ2) is 6.06. The van der Waals surface area contributed by atoms with Crippen molar-refractivity contribution in [1.29, 1.82) is 0 Å². The summed E-state index contributed by atoms with van der Waals surface area (Å²) in [7, 11) is 0. The summed E-state index contributed by atoms with van der Waals surface area (Å²) in [5.41, 5.74) is 0.449. The molecule has 114 valence electrons. The molecule has 0 radical (unpaired) electrons. The molecule has 1 atom stereocenters. The van der Waals surface area contributed by atoms with Crippen molar-refractivity contribution < 1.29 is 14.7 Å². The summed E-state index contributed by atoms with van der Waals surface area (Å²) in [5.74, 6) is -1.19. The van der Waals surface area contributed by atoms with Gasteiger partial charge >= 0.3 is 5.97 Å². The molecular weight excluding hydrogens is 290 g/mol. The average molecular weight is 310 g/mol. The average Bonchev–Trinajstić information content (AvgIpc) is 2.40. The van der Waals surface area contributed by atoms with Crippen LogP contribution < -0.4 is 5.32 Å². The molecular formula is C16H20ClNO3. The summed E-state index contributed by atoms with van der Waals surface area (Å²) in [6, 6.07) is 4.52. The van der Waals surface area contributed by atoms with Gasteiger partial charge in [-0.3, -0.25) is 4.79 Å². The van der Waals surface area contributed by atoms with Crippen molar-refractivity contribution in [2.24, 2.45) is 11.3 Å². The quantitative estimate of drug-likeness (QED) is 0.879. The first kappa shape index (κ1) is 15.8. The minimum Gasteiger partial charge on any atom is -0.478 e. The van der Waals surface area contributed by atoms with E-state index in [0.29, 0.717) is 5.69 Å². The Kier molecular flexibility index (Phi) is 4.57. The van der Waals surface area contributed by atoms with Crippen LogP contribution in [0.2, 0.25) is 5.02 Å². The van der Waals surface area contributed by atoms with Gasteiger partial charge in [-0.05, 0) is 36.5 Å². The fourth-order valence-corrected chi connectivity index (χ4v) is 3.17. The van der Waals surface area contributed by atoms with Crippen LogP contribution in [0.4, 0.5) is 5.69 Å². The lowest BCUT2D eigenvalue weighted by atomic mass is 9.68. The van der Waals surface area contributed by atoms with Crippen LogP contribution in [0.15, 0.2) is 18.2 Å². The molecule has 21 heavy (non-hydrogen) atoms. The predicted octanol–water partition coefficient (Wildman–Crippen LogP) is 4.19. The number of rotatable bonds is 3. The van der Waals surface area contributed by atoms with E-state index >= 15 is 0 Å². The number of aromatic carboxylic acids is 1. The number of carboxylic acid groups (broad SMARTS) is 1. The van der Waals surface area contributed by atoms with Crippen molar-refractivity contribution in [3.63, 3.8) is 0 Å². The summed E-state index contributed by atoms with van der Waals surface area (Å²) in [5, 5.41) is 12.1. The molecule has 0 bridgehead atoms. The fourth-order valence-electron chi connectivity index (χ4n) is 2.98. The second-order valence-electron chi connectivity index (χ2n) is 6.28. The molecule has 4 nitrogen and oxygen atoms in total. The van der Waals surface area contributed by atoms with E-state index in [1.54, 1.807) is 6.07 Å². The number of anilines is 1. The van der Waals surface area contributed by atoms with Gasteiger partial charge in [0.15, 0.2) is 0 Å². The lowest BCUT2D eigenvalue weighted by Crippen LogP contribution is -2.37. The third kappa shape index (κ3) is 3.56. The first-order valence-electron chi connectivity index (χ1n) is 7.15. The first-order chi connectivity index (χ1) is 9.81. The Balaban J connectivity index is 2.16. The van der Waals surface area contributed by atoms with Gasteiger partial charge in [0, 0.05) is 11.6 Å². The summed E-state index contributed by atoms with van der Waals surface area (Å²) < 4.78 is 0. The lowest BCUT2D eigenvalue weighted by Gasteiger charge is -2.37. The maximum absolute atomic E-state index is 12.5. The van der Waals surface area contributed by atoms with E-state index < -0.39 is 5.97 Å². The van der Waals surface area contributed by atoms with Crippen LogP contribution in [0.1, 0.15) is 49.9 Å². The maximum atomic E-state index is 12.5. The molecule has 0 saturated heterocycles. The molecule has 1 aliphatic rings. The summed E-state index contributed by atoms with van der Waals surface area (Å²) in [6.45, 7) is 4.22. The van der Waals surface area contributed by atoms with Crippen molar-refractivity contribution in [1.82, 2.24) is 0 Å². The Bertz CT molecular complexity index is 569. The topological polar surface area (TPSA) is 66.4 Å². The van der Waals surface area contributed by atoms with Gasteiger partial charge in [-0.15, -0.1) is 0 Å². The third-order valence-electron chi connectivity index (χ3n) is 4.29. The Morgan fingerprint density at radius 2 is 2.05 bits per heavy atom. The van der Waals surface area contributed by atoms with Crippen LogP contribution in [0, 0.1) is 11.3 Å². The highest BCUT2D eigenvalue weighted by atomic mass is 35.5. The molecule has 1 aliphatic carbocycles. The number of halogens is 1. The van der Waals surface area contributed by atoms with Crippen LogP contribution in [-0.2, 0) is 4.79 Å². The monoisotopic (exact) mass is 309 g/mol. The molecule has 0 spiro atoms. The molecule has 1 aromatic rings. The molecule has 1 fully saturated rings. The number of benzene rings is 1. The number of nitrogens with one attached hydrogen (secondary N) is 1. The zero-order chi connectivity index (χ0) is 15.6. The maximum Gasteiger partial charge on any atom is 0.337 e. The van der Waals surface area contributed by atoms with Crippen LogP contribution >= 0.6 is 11.6 Å². The van der Waals surface area contributed by atoms with Crippen LogP contribution in [0.25, 0.3) is 0 Å². The molecule has 5 heteroatoms. The molecule has 1 unspecified atom stereocenters. The zero-order valence-corrected chi connectivity index (χ0v) is 13.0. The molecule has 2 rings (SSSR count). The van der Waals surface area contributed by atoms with E-state index in [-0.39, 0.29) is 27.8 Å².